The first-order chi connectivity index (χ1) is 16.3. The van der Waals surface area contributed by atoms with E-state index >= 15 is 0 Å². The molecular formula is C28H28N2O4. The highest BCUT2D eigenvalue weighted by molar-refractivity contribution is 6.46. The maximum Gasteiger partial charge on any atom is 0.295 e. The Morgan fingerprint density at radius 2 is 1.76 bits per heavy atom. The summed E-state index contributed by atoms with van der Waals surface area (Å²) in [6.45, 7) is 6.83. The van der Waals surface area contributed by atoms with Crippen molar-refractivity contribution < 1.29 is 19.4 Å². The molecule has 1 amide bonds. The molecule has 1 fully saturated rings. The molecule has 2 heterocycles. The molecule has 1 aliphatic rings. The zero-order valence-electron chi connectivity index (χ0n) is 19.6. The number of ketones is 1. The van der Waals surface area contributed by atoms with E-state index < -0.39 is 17.7 Å². The van der Waals surface area contributed by atoms with Gasteiger partial charge >= 0.3 is 0 Å². The molecule has 4 rings (SSSR count). The molecule has 0 spiro atoms. The number of carbonyl (C=O) groups excluding carboxylic acids is 2. The van der Waals surface area contributed by atoms with E-state index in [1.165, 1.54) is 4.90 Å². The molecule has 1 aliphatic heterocycles. The van der Waals surface area contributed by atoms with Gasteiger partial charge in [-0.1, -0.05) is 55.8 Å². The van der Waals surface area contributed by atoms with Crippen LogP contribution in [-0.4, -0.2) is 33.3 Å². The lowest BCUT2D eigenvalue weighted by Crippen LogP contribution is -2.29. The molecule has 6 nitrogen and oxygen atoms in total. The predicted molar refractivity (Wildman–Crippen MR) is 130 cm³/mol. The van der Waals surface area contributed by atoms with Crippen LogP contribution < -0.4 is 4.74 Å². The number of benzene rings is 2. The first-order valence-corrected chi connectivity index (χ1v) is 11.3. The van der Waals surface area contributed by atoms with E-state index in [-0.39, 0.29) is 17.9 Å². The zero-order valence-corrected chi connectivity index (χ0v) is 19.6. The topological polar surface area (TPSA) is 79.7 Å². The first-order valence-electron chi connectivity index (χ1n) is 11.3. The molecule has 3 aromatic rings. The smallest absolute Gasteiger partial charge is 0.295 e. The van der Waals surface area contributed by atoms with Crippen molar-refractivity contribution in [3.05, 3.63) is 101 Å². The number of hydrogen-bond donors (Lipinski definition) is 1. The Hall–Kier alpha value is -3.93. The molecule has 0 radical (unpaired) electrons. The average molecular weight is 457 g/mol. The highest BCUT2D eigenvalue weighted by atomic mass is 16.5. The van der Waals surface area contributed by atoms with Gasteiger partial charge in [0, 0.05) is 24.5 Å². The molecule has 1 aromatic heterocycles. The van der Waals surface area contributed by atoms with Gasteiger partial charge in [0.05, 0.1) is 18.2 Å². The molecule has 1 saturated heterocycles. The third-order valence-corrected chi connectivity index (χ3v) is 5.72. The van der Waals surface area contributed by atoms with E-state index in [0.717, 1.165) is 11.1 Å². The van der Waals surface area contributed by atoms with Crippen molar-refractivity contribution in [3.8, 4) is 5.75 Å². The van der Waals surface area contributed by atoms with Crippen LogP contribution >= 0.6 is 0 Å². The van der Waals surface area contributed by atoms with Gasteiger partial charge in [-0.3, -0.25) is 14.6 Å². The average Bonchev–Trinajstić information content (AvgIpc) is 3.08. The molecule has 6 heteroatoms. The Bertz CT molecular complexity index is 1220. The molecule has 1 atom stereocenters. The highest BCUT2D eigenvalue weighted by Crippen LogP contribution is 2.41. The lowest BCUT2D eigenvalue weighted by molar-refractivity contribution is -0.140. The number of aryl methyl sites for hydroxylation is 1. The van der Waals surface area contributed by atoms with Crippen molar-refractivity contribution in [3.63, 3.8) is 0 Å². The van der Waals surface area contributed by atoms with Gasteiger partial charge in [0.15, 0.2) is 0 Å². The molecule has 174 valence electrons. The molecule has 1 N–H and O–H groups in total. The number of amides is 1. The summed E-state index contributed by atoms with van der Waals surface area (Å²) in [5, 5.41) is 11.2. The van der Waals surface area contributed by atoms with Crippen LogP contribution in [0.2, 0.25) is 0 Å². The summed E-state index contributed by atoms with van der Waals surface area (Å²) in [6, 6.07) is 17.4. The normalized spacial score (nSPS) is 17.4. The number of aliphatic hydroxyl groups excluding tert-OH is 1. The fourth-order valence-electron chi connectivity index (χ4n) is 3.98. The summed E-state index contributed by atoms with van der Waals surface area (Å²) < 4.78 is 5.89. The summed E-state index contributed by atoms with van der Waals surface area (Å²) in [5.74, 6) is -0.540. The van der Waals surface area contributed by atoms with Crippen LogP contribution in [0.15, 0.2) is 78.6 Å². The maximum atomic E-state index is 13.2. The molecule has 34 heavy (non-hydrogen) atoms. The SMILES string of the molecule is Cc1ccc(/C(O)=C2/C(=O)C(=O)N(Cc3ccncc3)C2c2cccc(OCC(C)C)c2)cc1. The fourth-order valence-corrected chi connectivity index (χ4v) is 3.98. The Balaban J connectivity index is 1.82. The summed E-state index contributed by atoms with van der Waals surface area (Å²) >= 11 is 0. The van der Waals surface area contributed by atoms with E-state index in [1.807, 2.05) is 43.3 Å². The second-order valence-corrected chi connectivity index (χ2v) is 8.93. The van der Waals surface area contributed by atoms with Crippen molar-refractivity contribution in [1.29, 1.82) is 0 Å². The summed E-state index contributed by atoms with van der Waals surface area (Å²) in [5.41, 5.74) is 3.13. The van der Waals surface area contributed by atoms with Crippen molar-refractivity contribution in [1.82, 2.24) is 9.88 Å². The largest absolute Gasteiger partial charge is 0.507 e. The molecule has 2 aromatic carbocycles. The van der Waals surface area contributed by atoms with Crippen LogP contribution in [0.5, 0.6) is 5.75 Å². The standard InChI is InChI=1S/C28H28N2O4/c1-18(2)17-34-23-6-4-5-22(15-23)25-24(26(31)21-9-7-19(3)8-10-21)27(32)28(33)30(25)16-20-11-13-29-14-12-20/h4-15,18,25,31H,16-17H2,1-3H3/b26-24-. The molecule has 0 aliphatic carbocycles. The summed E-state index contributed by atoms with van der Waals surface area (Å²) in [6.07, 6.45) is 3.29. The predicted octanol–water partition coefficient (Wildman–Crippen LogP) is 5.05. The molecule has 0 bridgehead atoms. The molecule has 1 unspecified atom stereocenters. The number of pyridine rings is 1. The van der Waals surface area contributed by atoms with Gasteiger partial charge in [-0.05, 0) is 48.2 Å². The van der Waals surface area contributed by atoms with E-state index in [2.05, 4.69) is 18.8 Å². The number of aromatic nitrogens is 1. The number of Topliss-reactive ketones (excluding diaryl/α,β-unsaturated/α-hetero) is 1. The Morgan fingerprint density at radius 3 is 2.44 bits per heavy atom. The Morgan fingerprint density at radius 1 is 1.06 bits per heavy atom. The number of rotatable bonds is 7. The number of hydrogen-bond acceptors (Lipinski definition) is 5. The van der Waals surface area contributed by atoms with Crippen LogP contribution in [0.25, 0.3) is 5.76 Å². The second-order valence-electron chi connectivity index (χ2n) is 8.93. The number of ether oxygens (including phenoxy) is 1. The number of likely N-dealkylation sites (tertiary alicyclic amines) is 1. The third-order valence-electron chi connectivity index (χ3n) is 5.72. The van der Waals surface area contributed by atoms with E-state index in [4.69, 9.17) is 4.74 Å². The van der Waals surface area contributed by atoms with Crippen molar-refractivity contribution >= 4 is 17.4 Å². The van der Waals surface area contributed by atoms with Crippen molar-refractivity contribution in [2.75, 3.05) is 6.61 Å². The van der Waals surface area contributed by atoms with Gasteiger partial charge in [-0.25, -0.2) is 0 Å². The van der Waals surface area contributed by atoms with Gasteiger partial charge in [0.1, 0.15) is 11.5 Å². The third kappa shape index (κ3) is 4.86. The first kappa shape index (κ1) is 23.2. The number of carbonyl (C=O) groups is 2. The zero-order chi connectivity index (χ0) is 24.2. The quantitative estimate of drug-likeness (QED) is 0.306. The van der Waals surface area contributed by atoms with Gasteiger partial charge in [-0.15, -0.1) is 0 Å². The van der Waals surface area contributed by atoms with Crippen LogP contribution in [0.4, 0.5) is 0 Å². The van der Waals surface area contributed by atoms with Gasteiger partial charge in [0.2, 0.25) is 0 Å². The van der Waals surface area contributed by atoms with Crippen LogP contribution in [-0.2, 0) is 16.1 Å². The Kier molecular flexibility index (Phi) is 6.77. The van der Waals surface area contributed by atoms with Crippen molar-refractivity contribution in [2.45, 2.75) is 33.4 Å². The van der Waals surface area contributed by atoms with Gasteiger partial charge in [0.25, 0.3) is 11.7 Å². The maximum absolute atomic E-state index is 13.2. The minimum atomic E-state index is -0.753. The Labute approximate surface area is 199 Å². The number of nitrogens with zero attached hydrogens (tertiary/aromatic N) is 2. The molecular weight excluding hydrogens is 428 g/mol. The second kappa shape index (κ2) is 9.91. The molecule has 0 saturated carbocycles. The number of aliphatic hydroxyl groups is 1. The van der Waals surface area contributed by atoms with Crippen LogP contribution in [0.3, 0.4) is 0 Å². The lowest BCUT2D eigenvalue weighted by atomic mass is 9.94. The van der Waals surface area contributed by atoms with Gasteiger partial charge in [-0.2, -0.15) is 0 Å². The monoisotopic (exact) mass is 456 g/mol. The van der Waals surface area contributed by atoms with Crippen molar-refractivity contribution in [2.24, 2.45) is 5.92 Å². The van der Waals surface area contributed by atoms with E-state index in [9.17, 15) is 14.7 Å². The van der Waals surface area contributed by atoms with E-state index in [1.54, 1.807) is 36.7 Å². The lowest BCUT2D eigenvalue weighted by Gasteiger charge is -2.26. The van der Waals surface area contributed by atoms with Gasteiger partial charge < -0.3 is 14.7 Å². The fraction of sp³-hybridized carbons (Fsp3) is 0.250. The van der Waals surface area contributed by atoms with E-state index in [0.29, 0.717) is 29.4 Å². The van der Waals surface area contributed by atoms with Crippen LogP contribution in [0, 0.1) is 12.8 Å². The summed E-state index contributed by atoms with van der Waals surface area (Å²) in [4.78, 5) is 31.9. The highest BCUT2D eigenvalue weighted by Gasteiger charge is 2.46. The summed E-state index contributed by atoms with van der Waals surface area (Å²) in [7, 11) is 0. The minimum Gasteiger partial charge on any atom is -0.507 e. The van der Waals surface area contributed by atoms with Crippen LogP contribution in [0.1, 0.15) is 42.1 Å². The minimum absolute atomic E-state index is 0.0731.